The lowest BCUT2D eigenvalue weighted by atomic mass is 10.2. The van der Waals surface area contributed by atoms with Crippen LogP contribution in [0.25, 0.3) is 0 Å². The molecule has 0 bridgehead atoms. The van der Waals surface area contributed by atoms with Crippen LogP contribution in [-0.2, 0) is 14.3 Å². The second-order valence-electron chi connectivity index (χ2n) is 3.17. The Hall–Kier alpha value is -0.120. The summed E-state index contributed by atoms with van der Waals surface area (Å²) in [6.07, 6.45) is 2.40. The van der Waals surface area contributed by atoms with Crippen LogP contribution in [-0.4, -0.2) is 30.7 Å². The predicted octanol–water partition coefficient (Wildman–Crippen LogP) is 1.73. The molecule has 1 fully saturated rings. The first kappa shape index (κ1) is 11.0. The Morgan fingerprint density at radius 3 is 3.00 bits per heavy atom. The van der Waals surface area contributed by atoms with Crippen molar-refractivity contribution in [2.24, 2.45) is 0 Å². The maximum atomic E-state index is 11.1. The van der Waals surface area contributed by atoms with Crippen LogP contribution in [0.5, 0.6) is 0 Å². The fourth-order valence-corrected chi connectivity index (χ4v) is 1.45. The smallest absolute Gasteiger partial charge is 0.176 e. The highest BCUT2D eigenvalue weighted by Gasteiger charge is 2.20. The molecule has 4 heteroatoms. The number of halogens is 1. The number of ketones is 1. The van der Waals surface area contributed by atoms with E-state index in [1.807, 2.05) is 0 Å². The van der Waals surface area contributed by atoms with Crippen LogP contribution < -0.4 is 0 Å². The van der Waals surface area contributed by atoms with Gasteiger partial charge in [-0.05, 0) is 26.2 Å². The third-order valence-electron chi connectivity index (χ3n) is 2.08. The number of hydrogen-bond acceptors (Lipinski definition) is 3. The van der Waals surface area contributed by atoms with Crippen molar-refractivity contribution in [3.63, 3.8) is 0 Å². The Labute approximate surface area is 83.3 Å². The molecule has 1 aliphatic rings. The second kappa shape index (κ2) is 5.58. The van der Waals surface area contributed by atoms with Gasteiger partial charge >= 0.3 is 0 Å². The van der Waals surface area contributed by atoms with Crippen LogP contribution in [0.2, 0.25) is 0 Å². The summed E-state index contributed by atoms with van der Waals surface area (Å²) in [7, 11) is 0. The minimum Gasteiger partial charge on any atom is -0.353 e. The van der Waals surface area contributed by atoms with Gasteiger partial charge in [-0.25, -0.2) is 0 Å². The molecule has 0 aromatic rings. The first-order valence-corrected chi connectivity index (χ1v) is 5.13. The average molecular weight is 207 g/mol. The molecule has 0 spiro atoms. The number of carbonyl (C=O) groups is 1. The number of hydrogen-bond donors (Lipinski definition) is 0. The standard InChI is InChI=1S/C9H15ClO3/c1-7(8(11)6-10)13-9-4-2-3-5-12-9/h7,9H,2-6H2,1H3/t7-,9?/m1/s1. The highest BCUT2D eigenvalue weighted by atomic mass is 35.5. The molecule has 0 aliphatic carbocycles. The number of rotatable bonds is 4. The molecular formula is C9H15ClO3. The van der Waals surface area contributed by atoms with Gasteiger partial charge in [-0.15, -0.1) is 11.6 Å². The van der Waals surface area contributed by atoms with Gasteiger partial charge in [0.1, 0.15) is 6.10 Å². The zero-order chi connectivity index (χ0) is 9.68. The molecule has 2 atom stereocenters. The molecular weight excluding hydrogens is 192 g/mol. The molecule has 1 saturated heterocycles. The minimum absolute atomic E-state index is 0.00782. The maximum absolute atomic E-state index is 11.1. The summed E-state index contributed by atoms with van der Waals surface area (Å²) in [5.74, 6) is -0.0794. The van der Waals surface area contributed by atoms with Gasteiger partial charge in [0.2, 0.25) is 0 Å². The summed E-state index contributed by atoms with van der Waals surface area (Å²) >= 11 is 5.39. The van der Waals surface area contributed by atoms with Gasteiger partial charge in [0.15, 0.2) is 12.1 Å². The van der Waals surface area contributed by atoms with Gasteiger partial charge < -0.3 is 9.47 Å². The maximum Gasteiger partial charge on any atom is 0.176 e. The molecule has 3 nitrogen and oxygen atoms in total. The summed E-state index contributed by atoms with van der Waals surface area (Å²) in [6, 6.07) is 0. The quantitative estimate of drug-likeness (QED) is 0.658. The van der Waals surface area contributed by atoms with Crippen molar-refractivity contribution >= 4 is 17.4 Å². The van der Waals surface area contributed by atoms with Crippen molar-refractivity contribution in [2.75, 3.05) is 12.5 Å². The summed E-state index contributed by atoms with van der Waals surface area (Å²) in [5.41, 5.74) is 0. The van der Waals surface area contributed by atoms with Crippen LogP contribution >= 0.6 is 11.6 Å². The third-order valence-corrected chi connectivity index (χ3v) is 2.34. The first-order chi connectivity index (χ1) is 6.24. The fraction of sp³-hybridized carbons (Fsp3) is 0.889. The number of Topliss-reactive ketones (excluding diaryl/α,β-unsaturated/α-hetero) is 1. The topological polar surface area (TPSA) is 35.5 Å². The molecule has 0 aromatic heterocycles. The van der Waals surface area contributed by atoms with Crippen LogP contribution in [0.1, 0.15) is 26.2 Å². The van der Waals surface area contributed by atoms with Crippen LogP contribution in [0, 0.1) is 0 Å². The highest BCUT2D eigenvalue weighted by molar-refractivity contribution is 6.28. The van der Waals surface area contributed by atoms with Crippen LogP contribution in [0.15, 0.2) is 0 Å². The Morgan fingerprint density at radius 2 is 2.46 bits per heavy atom. The summed E-state index contributed by atoms with van der Waals surface area (Å²) in [6.45, 7) is 2.44. The number of carbonyl (C=O) groups excluding carboxylic acids is 1. The molecule has 1 aliphatic heterocycles. The Bertz CT molecular complexity index is 166. The Morgan fingerprint density at radius 1 is 1.69 bits per heavy atom. The molecule has 0 radical (unpaired) electrons. The van der Waals surface area contributed by atoms with E-state index in [1.54, 1.807) is 6.92 Å². The summed E-state index contributed by atoms with van der Waals surface area (Å²) in [5, 5.41) is 0. The summed E-state index contributed by atoms with van der Waals surface area (Å²) in [4.78, 5) is 11.1. The molecule has 1 heterocycles. The van der Waals surface area contributed by atoms with Gasteiger partial charge in [0.25, 0.3) is 0 Å². The van der Waals surface area contributed by atoms with Crippen molar-refractivity contribution in [3.8, 4) is 0 Å². The molecule has 1 unspecified atom stereocenters. The van der Waals surface area contributed by atoms with E-state index in [9.17, 15) is 4.79 Å². The molecule has 0 N–H and O–H groups in total. The lowest BCUT2D eigenvalue weighted by Crippen LogP contribution is -2.31. The van der Waals surface area contributed by atoms with E-state index in [4.69, 9.17) is 21.1 Å². The number of alkyl halides is 1. The van der Waals surface area contributed by atoms with E-state index in [1.165, 1.54) is 0 Å². The van der Waals surface area contributed by atoms with Crippen molar-refractivity contribution in [3.05, 3.63) is 0 Å². The molecule has 1 rings (SSSR count). The Balaban J connectivity index is 2.25. The zero-order valence-corrected chi connectivity index (χ0v) is 8.55. The lowest BCUT2D eigenvalue weighted by molar-refractivity contribution is -0.187. The summed E-state index contributed by atoms with van der Waals surface area (Å²) < 4.78 is 10.7. The first-order valence-electron chi connectivity index (χ1n) is 4.59. The van der Waals surface area contributed by atoms with Gasteiger partial charge in [-0.2, -0.15) is 0 Å². The zero-order valence-electron chi connectivity index (χ0n) is 7.79. The van der Waals surface area contributed by atoms with Crippen molar-refractivity contribution in [1.29, 1.82) is 0 Å². The third kappa shape index (κ3) is 3.63. The highest BCUT2D eigenvalue weighted by Crippen LogP contribution is 2.15. The van der Waals surface area contributed by atoms with E-state index in [2.05, 4.69) is 0 Å². The minimum atomic E-state index is -0.444. The van der Waals surface area contributed by atoms with Gasteiger partial charge in [0, 0.05) is 6.61 Å². The normalized spacial score (nSPS) is 25.5. The predicted molar refractivity (Wildman–Crippen MR) is 49.9 cm³/mol. The number of ether oxygens (including phenoxy) is 2. The van der Waals surface area contributed by atoms with E-state index in [0.29, 0.717) is 0 Å². The molecule has 0 amide bonds. The van der Waals surface area contributed by atoms with Crippen molar-refractivity contribution in [2.45, 2.75) is 38.6 Å². The van der Waals surface area contributed by atoms with E-state index in [0.717, 1.165) is 25.9 Å². The van der Waals surface area contributed by atoms with Crippen LogP contribution in [0.3, 0.4) is 0 Å². The van der Waals surface area contributed by atoms with E-state index >= 15 is 0 Å². The monoisotopic (exact) mass is 206 g/mol. The second-order valence-corrected chi connectivity index (χ2v) is 3.44. The SMILES string of the molecule is C[C@@H](OC1CCCCO1)C(=O)CCl. The van der Waals surface area contributed by atoms with Crippen LogP contribution in [0.4, 0.5) is 0 Å². The van der Waals surface area contributed by atoms with E-state index in [-0.39, 0.29) is 18.0 Å². The van der Waals surface area contributed by atoms with Crippen molar-refractivity contribution in [1.82, 2.24) is 0 Å². The molecule has 0 saturated carbocycles. The average Bonchev–Trinajstić information content (AvgIpc) is 2.18. The molecule has 76 valence electrons. The fourth-order valence-electron chi connectivity index (χ4n) is 1.23. The van der Waals surface area contributed by atoms with Gasteiger partial charge in [-0.3, -0.25) is 4.79 Å². The van der Waals surface area contributed by atoms with E-state index < -0.39 is 6.10 Å². The van der Waals surface area contributed by atoms with Gasteiger partial charge in [-0.1, -0.05) is 0 Å². The molecule has 0 aromatic carbocycles. The lowest BCUT2D eigenvalue weighted by Gasteiger charge is -2.25. The van der Waals surface area contributed by atoms with Crippen molar-refractivity contribution < 1.29 is 14.3 Å². The Kier molecular flexibility index (Phi) is 4.70. The van der Waals surface area contributed by atoms with Gasteiger partial charge in [0.05, 0.1) is 5.88 Å². The largest absolute Gasteiger partial charge is 0.353 e. The molecule has 13 heavy (non-hydrogen) atoms.